The minimum Gasteiger partial charge on any atom is -0.492 e. The fourth-order valence-corrected chi connectivity index (χ4v) is 2.09. The third-order valence-electron chi connectivity index (χ3n) is 3.17. The van der Waals surface area contributed by atoms with Gasteiger partial charge in [0.1, 0.15) is 25.6 Å². The lowest BCUT2D eigenvalue weighted by Gasteiger charge is -2.20. The summed E-state index contributed by atoms with van der Waals surface area (Å²) >= 11 is 0. The van der Waals surface area contributed by atoms with Gasteiger partial charge in [-0.25, -0.2) is 0 Å². The highest BCUT2D eigenvalue weighted by Gasteiger charge is 2.15. The summed E-state index contributed by atoms with van der Waals surface area (Å²) in [5.74, 6) is 2.35. The minimum atomic E-state index is -0.203. The first kappa shape index (κ1) is 12.8. The molecule has 0 saturated heterocycles. The van der Waals surface area contributed by atoms with E-state index in [0.717, 1.165) is 22.8 Å². The molecule has 4 heteroatoms. The van der Waals surface area contributed by atoms with Crippen LogP contribution < -0.4 is 19.9 Å². The van der Waals surface area contributed by atoms with E-state index in [4.69, 9.17) is 19.9 Å². The molecule has 0 saturated carbocycles. The maximum atomic E-state index is 6.15. The van der Waals surface area contributed by atoms with E-state index in [-0.39, 0.29) is 6.04 Å². The van der Waals surface area contributed by atoms with Gasteiger partial charge in [-0.1, -0.05) is 24.3 Å². The van der Waals surface area contributed by atoms with Gasteiger partial charge >= 0.3 is 0 Å². The highest BCUT2D eigenvalue weighted by molar-refractivity contribution is 5.44. The Morgan fingerprint density at radius 1 is 1.00 bits per heavy atom. The molecule has 1 aliphatic rings. The molecule has 2 aromatic carbocycles. The van der Waals surface area contributed by atoms with Gasteiger partial charge in [-0.15, -0.1) is 0 Å². The van der Waals surface area contributed by atoms with E-state index in [1.807, 2.05) is 48.5 Å². The zero-order valence-electron chi connectivity index (χ0n) is 11.1. The molecule has 4 nitrogen and oxygen atoms in total. The van der Waals surface area contributed by atoms with Crippen molar-refractivity contribution in [1.29, 1.82) is 0 Å². The standard InChI is InChI=1S/C16H17NO3/c17-14(11-20-13-4-2-1-3-5-13)12-6-7-15-16(10-12)19-9-8-18-15/h1-7,10,14H,8-9,11,17H2/t14-/m0/s1. The summed E-state index contributed by atoms with van der Waals surface area (Å²) in [5, 5.41) is 0. The van der Waals surface area contributed by atoms with Crippen LogP contribution in [-0.4, -0.2) is 19.8 Å². The minimum absolute atomic E-state index is 0.203. The van der Waals surface area contributed by atoms with Crippen LogP contribution in [-0.2, 0) is 0 Å². The summed E-state index contributed by atoms with van der Waals surface area (Å²) in [5.41, 5.74) is 7.13. The molecule has 2 aromatic rings. The molecule has 2 N–H and O–H groups in total. The lowest BCUT2D eigenvalue weighted by atomic mass is 10.1. The van der Waals surface area contributed by atoms with Gasteiger partial charge in [0.2, 0.25) is 0 Å². The molecule has 1 atom stereocenters. The van der Waals surface area contributed by atoms with Gasteiger partial charge in [0, 0.05) is 0 Å². The lowest BCUT2D eigenvalue weighted by Crippen LogP contribution is -2.20. The average Bonchev–Trinajstić information content (AvgIpc) is 2.53. The predicted octanol–water partition coefficient (Wildman–Crippen LogP) is 2.54. The fraction of sp³-hybridized carbons (Fsp3) is 0.250. The summed E-state index contributed by atoms with van der Waals surface area (Å²) in [6, 6.07) is 15.2. The summed E-state index contributed by atoms with van der Waals surface area (Å²) in [4.78, 5) is 0. The van der Waals surface area contributed by atoms with Crippen LogP contribution in [0.5, 0.6) is 17.2 Å². The molecule has 3 rings (SSSR count). The van der Waals surface area contributed by atoms with Crippen molar-refractivity contribution >= 4 is 0 Å². The maximum absolute atomic E-state index is 6.15. The number of hydrogen-bond acceptors (Lipinski definition) is 4. The normalized spacial score (nSPS) is 14.7. The lowest BCUT2D eigenvalue weighted by molar-refractivity contribution is 0.171. The smallest absolute Gasteiger partial charge is 0.161 e. The van der Waals surface area contributed by atoms with Gasteiger partial charge in [0.25, 0.3) is 0 Å². The van der Waals surface area contributed by atoms with Crippen LogP contribution in [0.1, 0.15) is 11.6 Å². The van der Waals surface area contributed by atoms with Crippen molar-refractivity contribution in [1.82, 2.24) is 0 Å². The zero-order valence-corrected chi connectivity index (χ0v) is 11.1. The molecule has 0 fully saturated rings. The maximum Gasteiger partial charge on any atom is 0.161 e. The first-order chi connectivity index (χ1) is 9.83. The molecule has 1 heterocycles. The molecule has 104 valence electrons. The van der Waals surface area contributed by atoms with Gasteiger partial charge in [0.15, 0.2) is 11.5 Å². The van der Waals surface area contributed by atoms with Crippen molar-refractivity contribution in [3.63, 3.8) is 0 Å². The van der Waals surface area contributed by atoms with E-state index in [2.05, 4.69) is 0 Å². The number of benzene rings is 2. The molecule has 0 bridgehead atoms. The molecule has 0 spiro atoms. The van der Waals surface area contributed by atoms with Gasteiger partial charge in [-0.2, -0.15) is 0 Å². The molecular weight excluding hydrogens is 254 g/mol. The monoisotopic (exact) mass is 271 g/mol. The molecule has 1 aliphatic heterocycles. The van der Waals surface area contributed by atoms with Crippen molar-refractivity contribution in [2.24, 2.45) is 5.73 Å². The number of rotatable bonds is 4. The largest absolute Gasteiger partial charge is 0.492 e. The summed E-state index contributed by atoms with van der Waals surface area (Å²) < 4.78 is 16.7. The third-order valence-corrected chi connectivity index (χ3v) is 3.17. The molecular formula is C16H17NO3. The number of fused-ring (bicyclic) bond motifs is 1. The summed E-state index contributed by atoms with van der Waals surface area (Å²) in [7, 11) is 0. The Kier molecular flexibility index (Phi) is 3.74. The van der Waals surface area contributed by atoms with E-state index < -0.39 is 0 Å². The third kappa shape index (κ3) is 2.86. The van der Waals surface area contributed by atoms with E-state index in [1.165, 1.54) is 0 Å². The van der Waals surface area contributed by atoms with Gasteiger partial charge < -0.3 is 19.9 Å². The SMILES string of the molecule is N[C@@H](COc1ccccc1)c1ccc2c(c1)OCCO2. The molecule has 0 aliphatic carbocycles. The first-order valence-corrected chi connectivity index (χ1v) is 6.66. The zero-order chi connectivity index (χ0) is 13.8. The molecule has 20 heavy (non-hydrogen) atoms. The second-order valence-corrected chi connectivity index (χ2v) is 4.63. The number of para-hydroxylation sites is 1. The van der Waals surface area contributed by atoms with Gasteiger partial charge in [-0.3, -0.25) is 0 Å². The van der Waals surface area contributed by atoms with Crippen molar-refractivity contribution in [3.8, 4) is 17.2 Å². The molecule has 0 aromatic heterocycles. The van der Waals surface area contributed by atoms with Crippen LogP contribution in [0.4, 0.5) is 0 Å². The van der Waals surface area contributed by atoms with Crippen molar-refractivity contribution < 1.29 is 14.2 Å². The second-order valence-electron chi connectivity index (χ2n) is 4.63. The average molecular weight is 271 g/mol. The topological polar surface area (TPSA) is 53.7 Å². The van der Waals surface area contributed by atoms with Gasteiger partial charge in [0.05, 0.1) is 6.04 Å². The number of nitrogens with two attached hydrogens (primary N) is 1. The highest BCUT2D eigenvalue weighted by Crippen LogP contribution is 2.32. The Balaban J connectivity index is 1.66. The van der Waals surface area contributed by atoms with E-state index in [1.54, 1.807) is 0 Å². The Labute approximate surface area is 118 Å². The Morgan fingerprint density at radius 3 is 2.55 bits per heavy atom. The quantitative estimate of drug-likeness (QED) is 0.928. The summed E-state index contributed by atoms with van der Waals surface area (Å²) in [6.45, 7) is 1.59. The van der Waals surface area contributed by atoms with Crippen molar-refractivity contribution in [3.05, 3.63) is 54.1 Å². The predicted molar refractivity (Wildman–Crippen MR) is 76.3 cm³/mol. The van der Waals surface area contributed by atoms with Crippen LogP contribution in [0.3, 0.4) is 0 Å². The highest BCUT2D eigenvalue weighted by atomic mass is 16.6. The van der Waals surface area contributed by atoms with Crippen LogP contribution >= 0.6 is 0 Å². The van der Waals surface area contributed by atoms with E-state index in [0.29, 0.717) is 19.8 Å². The van der Waals surface area contributed by atoms with Crippen LogP contribution in [0, 0.1) is 0 Å². The number of hydrogen-bond donors (Lipinski definition) is 1. The van der Waals surface area contributed by atoms with E-state index in [9.17, 15) is 0 Å². The van der Waals surface area contributed by atoms with Crippen molar-refractivity contribution in [2.45, 2.75) is 6.04 Å². The Bertz CT molecular complexity index is 571. The fourth-order valence-electron chi connectivity index (χ4n) is 2.09. The van der Waals surface area contributed by atoms with Gasteiger partial charge in [-0.05, 0) is 29.8 Å². The van der Waals surface area contributed by atoms with Crippen LogP contribution in [0.15, 0.2) is 48.5 Å². The second kappa shape index (κ2) is 5.84. The Hall–Kier alpha value is -2.20. The summed E-state index contributed by atoms with van der Waals surface area (Å²) in [6.07, 6.45) is 0. The molecule has 0 amide bonds. The first-order valence-electron chi connectivity index (χ1n) is 6.66. The number of ether oxygens (including phenoxy) is 3. The Morgan fingerprint density at radius 2 is 1.75 bits per heavy atom. The molecule has 0 radical (unpaired) electrons. The van der Waals surface area contributed by atoms with Crippen LogP contribution in [0.2, 0.25) is 0 Å². The van der Waals surface area contributed by atoms with E-state index >= 15 is 0 Å². The van der Waals surface area contributed by atoms with Crippen LogP contribution in [0.25, 0.3) is 0 Å². The van der Waals surface area contributed by atoms with Crippen molar-refractivity contribution in [2.75, 3.05) is 19.8 Å². The molecule has 0 unspecified atom stereocenters.